The Morgan fingerprint density at radius 2 is 1.38 bits per heavy atom. The SMILES string of the molecule is CC1(C)C(C(=O)O)C(C(=O)O)C1c1ccc(-c2ccccc2)cc1. The first-order valence-corrected chi connectivity index (χ1v) is 7.95. The molecule has 24 heavy (non-hydrogen) atoms. The molecule has 0 amide bonds. The van der Waals surface area contributed by atoms with Crippen molar-refractivity contribution in [1.82, 2.24) is 0 Å². The van der Waals surface area contributed by atoms with E-state index >= 15 is 0 Å². The van der Waals surface area contributed by atoms with Crippen LogP contribution in [0, 0.1) is 17.3 Å². The van der Waals surface area contributed by atoms with Gasteiger partial charge in [0, 0.05) is 5.92 Å². The van der Waals surface area contributed by atoms with Gasteiger partial charge in [0.25, 0.3) is 0 Å². The fourth-order valence-corrected chi connectivity index (χ4v) is 4.10. The van der Waals surface area contributed by atoms with Gasteiger partial charge in [-0.1, -0.05) is 68.4 Å². The molecule has 0 radical (unpaired) electrons. The number of carbonyl (C=O) groups is 2. The largest absolute Gasteiger partial charge is 0.481 e. The van der Waals surface area contributed by atoms with Gasteiger partial charge in [0.05, 0.1) is 11.8 Å². The Morgan fingerprint density at radius 3 is 1.88 bits per heavy atom. The summed E-state index contributed by atoms with van der Waals surface area (Å²) in [4.78, 5) is 23.1. The van der Waals surface area contributed by atoms with Crippen LogP contribution in [-0.2, 0) is 9.59 Å². The van der Waals surface area contributed by atoms with Crippen LogP contribution in [0.15, 0.2) is 54.6 Å². The van der Waals surface area contributed by atoms with E-state index in [-0.39, 0.29) is 5.92 Å². The van der Waals surface area contributed by atoms with Crippen molar-refractivity contribution >= 4 is 11.9 Å². The molecule has 3 rings (SSSR count). The number of hydrogen-bond acceptors (Lipinski definition) is 2. The van der Waals surface area contributed by atoms with Crippen molar-refractivity contribution in [2.75, 3.05) is 0 Å². The van der Waals surface area contributed by atoms with E-state index in [1.807, 2.05) is 68.4 Å². The van der Waals surface area contributed by atoms with E-state index in [0.717, 1.165) is 16.7 Å². The average molecular weight is 324 g/mol. The topological polar surface area (TPSA) is 74.6 Å². The number of carboxylic acids is 2. The molecule has 3 unspecified atom stereocenters. The fraction of sp³-hybridized carbons (Fsp3) is 0.300. The molecule has 0 aromatic heterocycles. The monoisotopic (exact) mass is 324 g/mol. The van der Waals surface area contributed by atoms with Gasteiger partial charge in [-0.3, -0.25) is 9.59 Å². The van der Waals surface area contributed by atoms with Crippen molar-refractivity contribution in [2.45, 2.75) is 19.8 Å². The molecule has 0 saturated heterocycles. The van der Waals surface area contributed by atoms with E-state index in [4.69, 9.17) is 0 Å². The molecule has 0 bridgehead atoms. The van der Waals surface area contributed by atoms with E-state index in [9.17, 15) is 19.8 Å². The minimum Gasteiger partial charge on any atom is -0.481 e. The van der Waals surface area contributed by atoms with E-state index < -0.39 is 29.2 Å². The van der Waals surface area contributed by atoms with Crippen LogP contribution in [0.2, 0.25) is 0 Å². The normalized spacial score (nSPS) is 24.8. The first-order chi connectivity index (χ1) is 11.3. The minimum absolute atomic E-state index is 0.305. The maximum Gasteiger partial charge on any atom is 0.308 e. The summed E-state index contributed by atoms with van der Waals surface area (Å²) >= 11 is 0. The highest BCUT2D eigenvalue weighted by Crippen LogP contribution is 2.61. The maximum atomic E-state index is 11.6. The molecule has 2 N–H and O–H groups in total. The Hall–Kier alpha value is -2.62. The summed E-state index contributed by atoms with van der Waals surface area (Å²) in [7, 11) is 0. The van der Waals surface area contributed by atoms with E-state index in [1.165, 1.54) is 0 Å². The van der Waals surface area contributed by atoms with Gasteiger partial charge in [0.2, 0.25) is 0 Å². The second kappa shape index (κ2) is 5.78. The van der Waals surface area contributed by atoms with Gasteiger partial charge in [0.1, 0.15) is 0 Å². The molecule has 1 aliphatic carbocycles. The second-order valence-electron chi connectivity index (χ2n) is 6.97. The lowest BCUT2D eigenvalue weighted by Crippen LogP contribution is -2.58. The Kier molecular flexibility index (Phi) is 3.91. The van der Waals surface area contributed by atoms with E-state index in [2.05, 4.69) is 0 Å². The third kappa shape index (κ3) is 2.48. The van der Waals surface area contributed by atoms with Crippen LogP contribution in [0.1, 0.15) is 25.3 Å². The van der Waals surface area contributed by atoms with Crippen LogP contribution in [-0.4, -0.2) is 22.2 Å². The first kappa shape index (κ1) is 16.2. The zero-order valence-electron chi connectivity index (χ0n) is 13.6. The van der Waals surface area contributed by atoms with Gasteiger partial charge in [-0.15, -0.1) is 0 Å². The highest BCUT2D eigenvalue weighted by Gasteiger charge is 2.63. The third-order valence-corrected chi connectivity index (χ3v) is 5.25. The van der Waals surface area contributed by atoms with Crippen LogP contribution in [0.5, 0.6) is 0 Å². The molecule has 1 fully saturated rings. The van der Waals surface area contributed by atoms with Crippen molar-refractivity contribution in [1.29, 1.82) is 0 Å². The highest BCUT2D eigenvalue weighted by atomic mass is 16.4. The molecule has 0 heterocycles. The molecule has 4 nitrogen and oxygen atoms in total. The van der Waals surface area contributed by atoms with E-state index in [0.29, 0.717) is 0 Å². The number of benzene rings is 2. The third-order valence-electron chi connectivity index (χ3n) is 5.25. The lowest BCUT2D eigenvalue weighted by molar-refractivity contribution is -0.178. The number of hydrogen-bond donors (Lipinski definition) is 2. The zero-order chi connectivity index (χ0) is 17.5. The number of carboxylic acid groups (broad SMARTS) is 2. The Balaban J connectivity index is 1.93. The molecular weight excluding hydrogens is 304 g/mol. The van der Waals surface area contributed by atoms with Crippen molar-refractivity contribution in [3.63, 3.8) is 0 Å². The summed E-state index contributed by atoms with van der Waals surface area (Å²) in [6.45, 7) is 3.67. The van der Waals surface area contributed by atoms with Crippen molar-refractivity contribution in [3.8, 4) is 11.1 Å². The van der Waals surface area contributed by atoms with Crippen LogP contribution >= 0.6 is 0 Å². The molecule has 4 heteroatoms. The zero-order valence-corrected chi connectivity index (χ0v) is 13.6. The highest BCUT2D eigenvalue weighted by molar-refractivity contribution is 5.85. The Morgan fingerprint density at radius 1 is 0.833 bits per heavy atom. The minimum atomic E-state index is -1.04. The van der Waals surface area contributed by atoms with Gasteiger partial charge < -0.3 is 10.2 Å². The van der Waals surface area contributed by atoms with Gasteiger partial charge in [-0.25, -0.2) is 0 Å². The van der Waals surface area contributed by atoms with Crippen LogP contribution in [0.3, 0.4) is 0 Å². The summed E-state index contributed by atoms with van der Waals surface area (Å²) in [6, 6.07) is 17.7. The maximum absolute atomic E-state index is 11.6. The van der Waals surface area contributed by atoms with Crippen LogP contribution in [0.4, 0.5) is 0 Å². The van der Waals surface area contributed by atoms with Crippen LogP contribution in [0.25, 0.3) is 11.1 Å². The molecular formula is C20H20O4. The van der Waals surface area contributed by atoms with Crippen molar-refractivity contribution in [2.24, 2.45) is 17.3 Å². The summed E-state index contributed by atoms with van der Waals surface area (Å²) in [5, 5.41) is 18.9. The average Bonchev–Trinajstić information content (AvgIpc) is 2.53. The van der Waals surface area contributed by atoms with E-state index in [1.54, 1.807) is 0 Å². The molecule has 3 atom stereocenters. The molecule has 2 aromatic carbocycles. The Bertz CT molecular complexity index is 762. The lowest BCUT2D eigenvalue weighted by Gasteiger charge is -2.54. The summed E-state index contributed by atoms with van der Waals surface area (Å²) in [5.41, 5.74) is 2.43. The van der Waals surface area contributed by atoms with Gasteiger partial charge in [-0.2, -0.15) is 0 Å². The molecule has 2 aromatic rings. The van der Waals surface area contributed by atoms with Crippen LogP contribution < -0.4 is 0 Å². The smallest absolute Gasteiger partial charge is 0.308 e. The van der Waals surface area contributed by atoms with Gasteiger partial charge in [0.15, 0.2) is 0 Å². The standard InChI is InChI=1S/C20H20O4/c1-20(2)16(15(18(21)22)17(20)19(23)24)14-10-8-13(9-11-14)12-6-4-3-5-7-12/h3-11,15-17H,1-2H3,(H,21,22)(H,23,24). The molecule has 1 saturated carbocycles. The predicted octanol–water partition coefficient (Wildman–Crippen LogP) is 3.88. The number of rotatable bonds is 4. The van der Waals surface area contributed by atoms with Gasteiger partial charge in [-0.05, 0) is 22.1 Å². The number of aliphatic carboxylic acids is 2. The quantitative estimate of drug-likeness (QED) is 0.895. The first-order valence-electron chi connectivity index (χ1n) is 7.95. The second-order valence-corrected chi connectivity index (χ2v) is 6.97. The lowest BCUT2D eigenvalue weighted by atomic mass is 9.46. The summed E-state index contributed by atoms with van der Waals surface area (Å²) < 4.78 is 0. The summed E-state index contributed by atoms with van der Waals surface area (Å²) in [5.74, 6) is -4.14. The van der Waals surface area contributed by atoms with Crippen molar-refractivity contribution in [3.05, 3.63) is 60.2 Å². The van der Waals surface area contributed by atoms with Crippen molar-refractivity contribution < 1.29 is 19.8 Å². The predicted molar refractivity (Wildman–Crippen MR) is 90.7 cm³/mol. The molecule has 124 valence electrons. The van der Waals surface area contributed by atoms with Gasteiger partial charge >= 0.3 is 11.9 Å². The summed E-state index contributed by atoms with van der Waals surface area (Å²) in [6.07, 6.45) is 0. The fourth-order valence-electron chi connectivity index (χ4n) is 4.10. The molecule has 0 aliphatic heterocycles. The Labute approximate surface area is 140 Å². The molecule has 1 aliphatic rings. The molecule has 0 spiro atoms.